The molecule has 2 heterocycles. The quantitative estimate of drug-likeness (QED) is 0.644. The van der Waals surface area contributed by atoms with Crippen molar-refractivity contribution in [3.8, 4) is 5.69 Å². The van der Waals surface area contributed by atoms with Gasteiger partial charge in [-0.05, 0) is 50.6 Å². The minimum atomic E-state index is -0.144. The Hall–Kier alpha value is -2.44. The third kappa shape index (κ3) is 3.86. The fourth-order valence-corrected chi connectivity index (χ4v) is 2.96. The standard InChI is InChI=1S/C19H21ClN4O2/c1-3-26-11-5-10-22-19(25)14-7-8-15(20)17(12-14)24-13(2)23-16-6-4-9-21-18(16)24/h4,6-9,12H,3,5,10-11H2,1-2H3,(H,22,25). The van der Waals surface area contributed by atoms with Gasteiger partial charge in [0.2, 0.25) is 0 Å². The van der Waals surface area contributed by atoms with Crippen molar-refractivity contribution in [2.45, 2.75) is 20.3 Å². The van der Waals surface area contributed by atoms with Gasteiger partial charge in [0.15, 0.2) is 5.65 Å². The van der Waals surface area contributed by atoms with Crippen LogP contribution in [0.4, 0.5) is 0 Å². The van der Waals surface area contributed by atoms with E-state index in [0.717, 1.165) is 17.8 Å². The zero-order chi connectivity index (χ0) is 18.5. The van der Waals surface area contributed by atoms with Gasteiger partial charge in [0, 0.05) is 31.5 Å². The highest BCUT2D eigenvalue weighted by Crippen LogP contribution is 2.26. The Morgan fingerprint density at radius 2 is 2.19 bits per heavy atom. The molecular weight excluding hydrogens is 352 g/mol. The molecule has 7 heteroatoms. The Kier molecular flexibility index (Phi) is 5.85. The number of pyridine rings is 1. The molecule has 0 aliphatic rings. The molecule has 0 spiro atoms. The smallest absolute Gasteiger partial charge is 0.251 e. The molecule has 0 aliphatic heterocycles. The van der Waals surface area contributed by atoms with Gasteiger partial charge in [-0.1, -0.05) is 11.6 Å². The second-order valence-corrected chi connectivity index (χ2v) is 6.22. The van der Waals surface area contributed by atoms with Crippen molar-refractivity contribution in [3.63, 3.8) is 0 Å². The summed E-state index contributed by atoms with van der Waals surface area (Å²) < 4.78 is 7.14. The summed E-state index contributed by atoms with van der Waals surface area (Å²) in [6.45, 7) is 5.71. The van der Waals surface area contributed by atoms with Crippen molar-refractivity contribution in [3.05, 3.63) is 52.9 Å². The van der Waals surface area contributed by atoms with Gasteiger partial charge in [-0.15, -0.1) is 0 Å². The molecule has 0 radical (unpaired) electrons. The number of carbonyl (C=O) groups is 1. The summed E-state index contributed by atoms with van der Waals surface area (Å²) in [6, 6.07) is 8.94. The van der Waals surface area contributed by atoms with Gasteiger partial charge < -0.3 is 10.1 Å². The number of imidazole rings is 1. The molecule has 3 rings (SSSR count). The number of benzene rings is 1. The molecule has 0 saturated heterocycles. The first-order valence-electron chi connectivity index (χ1n) is 8.57. The average Bonchev–Trinajstić information content (AvgIpc) is 2.97. The highest BCUT2D eigenvalue weighted by molar-refractivity contribution is 6.32. The number of carbonyl (C=O) groups excluding carboxylic acids is 1. The highest BCUT2D eigenvalue weighted by Gasteiger charge is 2.15. The first kappa shape index (κ1) is 18.4. The molecule has 26 heavy (non-hydrogen) atoms. The number of aromatic nitrogens is 3. The molecule has 0 saturated carbocycles. The van der Waals surface area contributed by atoms with Crippen LogP contribution in [-0.4, -0.2) is 40.2 Å². The van der Waals surface area contributed by atoms with E-state index in [0.29, 0.717) is 41.7 Å². The number of fused-ring (bicyclic) bond motifs is 1. The van der Waals surface area contributed by atoms with E-state index < -0.39 is 0 Å². The minimum Gasteiger partial charge on any atom is -0.382 e. The second-order valence-electron chi connectivity index (χ2n) is 5.81. The lowest BCUT2D eigenvalue weighted by atomic mass is 10.1. The number of rotatable bonds is 7. The normalized spacial score (nSPS) is 11.0. The van der Waals surface area contributed by atoms with Gasteiger partial charge in [0.25, 0.3) is 5.91 Å². The van der Waals surface area contributed by atoms with Crippen LogP contribution in [0.3, 0.4) is 0 Å². The first-order valence-corrected chi connectivity index (χ1v) is 8.95. The Labute approximate surface area is 157 Å². The van der Waals surface area contributed by atoms with E-state index in [1.54, 1.807) is 24.4 Å². The number of nitrogens with zero attached hydrogens (tertiary/aromatic N) is 3. The van der Waals surface area contributed by atoms with Crippen molar-refractivity contribution in [1.82, 2.24) is 19.9 Å². The van der Waals surface area contributed by atoms with Crippen LogP contribution in [0.1, 0.15) is 29.5 Å². The maximum Gasteiger partial charge on any atom is 0.251 e. The number of halogens is 1. The van der Waals surface area contributed by atoms with Crippen LogP contribution >= 0.6 is 11.6 Å². The number of amides is 1. The lowest BCUT2D eigenvalue weighted by Gasteiger charge is -2.11. The van der Waals surface area contributed by atoms with Crippen LogP contribution in [0.25, 0.3) is 16.9 Å². The van der Waals surface area contributed by atoms with Crippen molar-refractivity contribution in [2.75, 3.05) is 19.8 Å². The molecule has 136 valence electrons. The minimum absolute atomic E-state index is 0.144. The van der Waals surface area contributed by atoms with Crippen LogP contribution in [0.2, 0.25) is 5.02 Å². The monoisotopic (exact) mass is 372 g/mol. The highest BCUT2D eigenvalue weighted by atomic mass is 35.5. The zero-order valence-electron chi connectivity index (χ0n) is 14.8. The Balaban J connectivity index is 1.86. The molecule has 0 aliphatic carbocycles. The molecule has 0 bridgehead atoms. The second kappa shape index (κ2) is 8.29. The van der Waals surface area contributed by atoms with Crippen molar-refractivity contribution in [1.29, 1.82) is 0 Å². The van der Waals surface area contributed by atoms with Gasteiger partial charge in [-0.25, -0.2) is 9.97 Å². The third-order valence-corrected chi connectivity index (χ3v) is 4.31. The average molecular weight is 373 g/mol. The van der Waals surface area contributed by atoms with E-state index in [4.69, 9.17) is 16.3 Å². The molecule has 0 fully saturated rings. The SMILES string of the molecule is CCOCCCNC(=O)c1ccc(Cl)c(-n2c(C)nc3cccnc32)c1. The summed E-state index contributed by atoms with van der Waals surface area (Å²) in [6.07, 6.45) is 2.48. The predicted molar refractivity (Wildman–Crippen MR) is 102 cm³/mol. The van der Waals surface area contributed by atoms with Crippen molar-refractivity contribution >= 4 is 28.7 Å². The Morgan fingerprint density at radius 1 is 1.35 bits per heavy atom. The third-order valence-electron chi connectivity index (χ3n) is 3.99. The van der Waals surface area contributed by atoms with Crippen LogP contribution in [0.5, 0.6) is 0 Å². The zero-order valence-corrected chi connectivity index (χ0v) is 15.6. The van der Waals surface area contributed by atoms with Crippen LogP contribution in [0, 0.1) is 6.92 Å². The van der Waals surface area contributed by atoms with E-state index in [-0.39, 0.29) is 5.91 Å². The summed E-state index contributed by atoms with van der Waals surface area (Å²) in [7, 11) is 0. The van der Waals surface area contributed by atoms with Crippen molar-refractivity contribution < 1.29 is 9.53 Å². The molecule has 1 aromatic carbocycles. The van der Waals surface area contributed by atoms with Gasteiger partial charge in [-0.3, -0.25) is 9.36 Å². The van der Waals surface area contributed by atoms with E-state index in [9.17, 15) is 4.79 Å². The molecule has 1 amide bonds. The van der Waals surface area contributed by atoms with Gasteiger partial charge in [0.1, 0.15) is 11.3 Å². The molecule has 0 atom stereocenters. The molecular formula is C19H21ClN4O2. The number of hydrogen-bond donors (Lipinski definition) is 1. The Bertz CT molecular complexity index is 923. The molecule has 6 nitrogen and oxygen atoms in total. The van der Waals surface area contributed by atoms with Crippen LogP contribution in [0.15, 0.2) is 36.5 Å². The summed E-state index contributed by atoms with van der Waals surface area (Å²) >= 11 is 6.40. The van der Waals surface area contributed by atoms with E-state index in [1.165, 1.54) is 0 Å². The van der Waals surface area contributed by atoms with Crippen LogP contribution < -0.4 is 5.32 Å². The number of nitrogens with one attached hydrogen (secondary N) is 1. The van der Waals surface area contributed by atoms with E-state index >= 15 is 0 Å². The van der Waals surface area contributed by atoms with Crippen LogP contribution in [-0.2, 0) is 4.74 Å². The number of aryl methyl sites for hydroxylation is 1. The maximum atomic E-state index is 12.4. The summed E-state index contributed by atoms with van der Waals surface area (Å²) in [5.74, 6) is 0.615. The number of ether oxygens (including phenoxy) is 1. The maximum absolute atomic E-state index is 12.4. The largest absolute Gasteiger partial charge is 0.382 e. The lowest BCUT2D eigenvalue weighted by molar-refractivity contribution is 0.0944. The van der Waals surface area contributed by atoms with E-state index in [2.05, 4.69) is 15.3 Å². The lowest BCUT2D eigenvalue weighted by Crippen LogP contribution is -2.25. The summed E-state index contributed by atoms with van der Waals surface area (Å²) in [5, 5.41) is 3.43. The van der Waals surface area contributed by atoms with Gasteiger partial charge >= 0.3 is 0 Å². The summed E-state index contributed by atoms with van der Waals surface area (Å²) in [4.78, 5) is 21.3. The molecule has 1 N–H and O–H groups in total. The molecule has 0 unspecified atom stereocenters. The van der Waals surface area contributed by atoms with Gasteiger partial charge in [-0.2, -0.15) is 0 Å². The fraction of sp³-hybridized carbons (Fsp3) is 0.316. The van der Waals surface area contributed by atoms with Gasteiger partial charge in [0.05, 0.1) is 10.7 Å². The predicted octanol–water partition coefficient (Wildman–Crippen LogP) is 3.54. The topological polar surface area (TPSA) is 69.0 Å². The van der Waals surface area contributed by atoms with Crippen molar-refractivity contribution in [2.24, 2.45) is 0 Å². The molecule has 3 aromatic rings. The fourth-order valence-electron chi connectivity index (χ4n) is 2.76. The first-order chi connectivity index (χ1) is 12.6. The summed E-state index contributed by atoms with van der Waals surface area (Å²) in [5.41, 5.74) is 2.72. The van der Waals surface area contributed by atoms with E-state index in [1.807, 2.05) is 30.5 Å². The molecule has 2 aromatic heterocycles. The Morgan fingerprint density at radius 3 is 3.00 bits per heavy atom. The number of hydrogen-bond acceptors (Lipinski definition) is 4.